The smallest absolute Gasteiger partial charge is 0.331 e. The Morgan fingerprint density at radius 3 is 2.83 bits per heavy atom. The van der Waals surface area contributed by atoms with Crippen LogP contribution in [-0.4, -0.2) is 23.4 Å². The standard InChI is InChI=1S/C15H11ClN2O5S/c16-10-3-5-12(13(8-10)18(21)22)17-14(19)9-23-15(20)6-4-11-2-1-7-24-11/h1-8H,9H2,(H,17,19)/b6-4+. The maximum atomic E-state index is 11.7. The minimum Gasteiger partial charge on any atom is -0.452 e. The molecule has 1 aromatic carbocycles. The number of nitrogens with zero attached hydrogens (tertiary/aromatic N) is 1. The second-order valence-corrected chi connectivity index (χ2v) is 5.84. The molecule has 0 unspecified atom stereocenters. The Morgan fingerprint density at radius 1 is 1.38 bits per heavy atom. The van der Waals surface area contributed by atoms with Gasteiger partial charge in [-0.3, -0.25) is 14.9 Å². The van der Waals surface area contributed by atoms with Crippen LogP contribution in [-0.2, 0) is 14.3 Å². The molecule has 0 radical (unpaired) electrons. The highest BCUT2D eigenvalue weighted by Crippen LogP contribution is 2.27. The van der Waals surface area contributed by atoms with E-state index in [2.05, 4.69) is 5.32 Å². The second-order valence-electron chi connectivity index (χ2n) is 4.42. The van der Waals surface area contributed by atoms with E-state index in [-0.39, 0.29) is 16.4 Å². The van der Waals surface area contributed by atoms with Crippen LogP contribution in [0.5, 0.6) is 0 Å². The summed E-state index contributed by atoms with van der Waals surface area (Å²) in [7, 11) is 0. The van der Waals surface area contributed by atoms with Gasteiger partial charge < -0.3 is 10.1 Å². The number of nitro benzene ring substituents is 1. The van der Waals surface area contributed by atoms with Crippen LogP contribution in [0.4, 0.5) is 11.4 Å². The third kappa shape index (κ3) is 5.18. The van der Waals surface area contributed by atoms with Crippen molar-refractivity contribution >= 4 is 52.3 Å². The highest BCUT2D eigenvalue weighted by Gasteiger charge is 2.17. The van der Waals surface area contributed by atoms with Crippen LogP contribution in [0.15, 0.2) is 41.8 Å². The molecule has 2 rings (SSSR count). The van der Waals surface area contributed by atoms with Crippen molar-refractivity contribution in [2.24, 2.45) is 0 Å². The molecule has 124 valence electrons. The summed E-state index contributed by atoms with van der Waals surface area (Å²) in [5.74, 6) is -1.39. The number of anilines is 1. The zero-order valence-electron chi connectivity index (χ0n) is 12.1. The number of hydrogen-bond acceptors (Lipinski definition) is 6. The normalized spacial score (nSPS) is 10.5. The molecule has 0 aliphatic heterocycles. The first-order valence-corrected chi connectivity index (χ1v) is 7.83. The van der Waals surface area contributed by atoms with Crippen molar-refractivity contribution in [2.75, 3.05) is 11.9 Å². The first kappa shape index (κ1) is 17.6. The van der Waals surface area contributed by atoms with Crippen molar-refractivity contribution in [2.45, 2.75) is 0 Å². The highest BCUT2D eigenvalue weighted by molar-refractivity contribution is 7.10. The summed E-state index contributed by atoms with van der Waals surface area (Å²) in [6.07, 6.45) is 2.76. The highest BCUT2D eigenvalue weighted by atomic mass is 35.5. The topological polar surface area (TPSA) is 98.5 Å². The van der Waals surface area contributed by atoms with Gasteiger partial charge in [-0.25, -0.2) is 4.79 Å². The third-order valence-electron chi connectivity index (χ3n) is 2.70. The van der Waals surface area contributed by atoms with Gasteiger partial charge in [-0.15, -0.1) is 11.3 Å². The number of thiophene rings is 1. The molecule has 24 heavy (non-hydrogen) atoms. The number of carbonyl (C=O) groups excluding carboxylic acids is 2. The van der Waals surface area contributed by atoms with Gasteiger partial charge in [0.25, 0.3) is 11.6 Å². The minimum absolute atomic E-state index is 0.0282. The Hall–Kier alpha value is -2.71. The summed E-state index contributed by atoms with van der Waals surface area (Å²) in [5, 5.41) is 15.3. The summed E-state index contributed by atoms with van der Waals surface area (Å²) >= 11 is 7.13. The fraction of sp³-hybridized carbons (Fsp3) is 0.0667. The largest absolute Gasteiger partial charge is 0.452 e. The van der Waals surface area contributed by atoms with E-state index in [1.165, 1.54) is 29.5 Å². The van der Waals surface area contributed by atoms with Gasteiger partial charge in [-0.2, -0.15) is 0 Å². The third-order valence-corrected chi connectivity index (χ3v) is 3.78. The molecule has 1 N–H and O–H groups in total. The van der Waals surface area contributed by atoms with E-state index < -0.39 is 23.4 Å². The molecule has 0 saturated carbocycles. The number of esters is 1. The fourth-order valence-electron chi connectivity index (χ4n) is 1.67. The monoisotopic (exact) mass is 366 g/mol. The average Bonchev–Trinajstić information content (AvgIpc) is 3.06. The van der Waals surface area contributed by atoms with Gasteiger partial charge in [-0.05, 0) is 29.7 Å². The fourth-order valence-corrected chi connectivity index (χ4v) is 2.45. The van der Waals surface area contributed by atoms with Crippen LogP contribution in [0, 0.1) is 10.1 Å². The van der Waals surface area contributed by atoms with Gasteiger partial charge >= 0.3 is 5.97 Å². The lowest BCUT2D eigenvalue weighted by Gasteiger charge is -2.06. The Balaban J connectivity index is 1.89. The van der Waals surface area contributed by atoms with Crippen LogP contribution in [0.3, 0.4) is 0 Å². The molecule has 1 aromatic heterocycles. The first-order chi connectivity index (χ1) is 11.5. The molecule has 0 atom stereocenters. The molecule has 0 bridgehead atoms. The number of rotatable bonds is 6. The van der Waals surface area contributed by atoms with Crippen molar-refractivity contribution in [3.63, 3.8) is 0 Å². The number of halogens is 1. The van der Waals surface area contributed by atoms with E-state index in [1.807, 2.05) is 17.5 Å². The number of hydrogen-bond donors (Lipinski definition) is 1. The second kappa shape index (κ2) is 8.23. The molecule has 2 aromatic rings. The zero-order chi connectivity index (χ0) is 17.5. The van der Waals surface area contributed by atoms with E-state index >= 15 is 0 Å². The molecule has 1 heterocycles. The number of amides is 1. The maximum Gasteiger partial charge on any atom is 0.331 e. The molecule has 1 amide bonds. The molecular weight excluding hydrogens is 356 g/mol. The van der Waals surface area contributed by atoms with Crippen molar-refractivity contribution < 1.29 is 19.2 Å². The summed E-state index contributed by atoms with van der Waals surface area (Å²) in [6.45, 7) is -0.562. The Bertz CT molecular complexity index is 789. The number of carbonyl (C=O) groups is 2. The van der Waals surface area contributed by atoms with Crippen LogP contribution in [0.2, 0.25) is 5.02 Å². The zero-order valence-corrected chi connectivity index (χ0v) is 13.7. The molecular formula is C15H11ClN2O5S. The average molecular weight is 367 g/mol. The summed E-state index contributed by atoms with van der Waals surface area (Å²) < 4.78 is 4.77. The van der Waals surface area contributed by atoms with Crippen LogP contribution >= 0.6 is 22.9 Å². The minimum atomic E-state index is -0.696. The van der Waals surface area contributed by atoms with E-state index in [0.717, 1.165) is 10.9 Å². The molecule has 0 aliphatic rings. The van der Waals surface area contributed by atoms with Gasteiger partial charge in [0, 0.05) is 22.0 Å². The van der Waals surface area contributed by atoms with Gasteiger partial charge in [0.2, 0.25) is 0 Å². The number of benzene rings is 1. The maximum absolute atomic E-state index is 11.7. The molecule has 0 saturated heterocycles. The van der Waals surface area contributed by atoms with Gasteiger partial charge in [0.15, 0.2) is 6.61 Å². The van der Waals surface area contributed by atoms with Crippen molar-refractivity contribution in [1.29, 1.82) is 0 Å². The lowest BCUT2D eigenvalue weighted by atomic mass is 10.2. The molecule has 7 nitrogen and oxygen atoms in total. The molecule has 9 heteroatoms. The summed E-state index contributed by atoms with van der Waals surface area (Å²) in [6, 6.07) is 7.48. The van der Waals surface area contributed by atoms with Gasteiger partial charge in [0.05, 0.1) is 4.92 Å². The van der Waals surface area contributed by atoms with Crippen LogP contribution < -0.4 is 5.32 Å². The van der Waals surface area contributed by atoms with E-state index in [9.17, 15) is 19.7 Å². The Labute approximate surface area is 145 Å². The Kier molecular flexibility index (Phi) is 6.05. The summed E-state index contributed by atoms with van der Waals surface area (Å²) in [5.41, 5.74) is -0.376. The predicted molar refractivity (Wildman–Crippen MR) is 91.0 cm³/mol. The Morgan fingerprint density at radius 2 is 2.17 bits per heavy atom. The molecule has 0 aliphatic carbocycles. The molecule has 0 spiro atoms. The number of nitrogens with one attached hydrogen (secondary N) is 1. The lowest BCUT2D eigenvalue weighted by Crippen LogP contribution is -2.20. The quantitative estimate of drug-likeness (QED) is 0.365. The number of ether oxygens (including phenoxy) is 1. The number of nitro groups is 1. The van der Waals surface area contributed by atoms with Gasteiger partial charge in [0.1, 0.15) is 5.69 Å². The van der Waals surface area contributed by atoms with Crippen molar-refractivity contribution in [1.82, 2.24) is 0 Å². The molecule has 0 fully saturated rings. The van der Waals surface area contributed by atoms with E-state index in [1.54, 1.807) is 6.08 Å². The van der Waals surface area contributed by atoms with Crippen LogP contribution in [0.1, 0.15) is 4.88 Å². The lowest BCUT2D eigenvalue weighted by molar-refractivity contribution is -0.383. The van der Waals surface area contributed by atoms with Crippen molar-refractivity contribution in [3.05, 3.63) is 61.8 Å². The van der Waals surface area contributed by atoms with Crippen LogP contribution in [0.25, 0.3) is 6.08 Å². The SMILES string of the molecule is O=C(COC(=O)/C=C/c1cccs1)Nc1ccc(Cl)cc1[N+](=O)[O-]. The van der Waals surface area contributed by atoms with Crippen molar-refractivity contribution in [3.8, 4) is 0 Å². The first-order valence-electron chi connectivity index (χ1n) is 6.58. The van der Waals surface area contributed by atoms with Gasteiger partial charge in [-0.1, -0.05) is 17.7 Å². The summed E-state index contributed by atoms with van der Waals surface area (Å²) in [4.78, 5) is 34.4. The van der Waals surface area contributed by atoms with E-state index in [4.69, 9.17) is 16.3 Å². The predicted octanol–water partition coefficient (Wildman–Crippen LogP) is 3.50. The van der Waals surface area contributed by atoms with E-state index in [0.29, 0.717) is 0 Å².